The fraction of sp³-hybridized carbons (Fsp3) is 0.684. The van der Waals surface area contributed by atoms with E-state index in [0.717, 1.165) is 0 Å². The first-order chi connectivity index (χ1) is 9.84. The molecule has 0 fully saturated rings. The lowest BCUT2D eigenvalue weighted by Gasteiger charge is -2.13. The van der Waals surface area contributed by atoms with E-state index in [0.29, 0.717) is 0 Å². The van der Waals surface area contributed by atoms with Crippen LogP contribution in [0.2, 0.25) is 0 Å². The lowest BCUT2D eigenvalue weighted by atomic mass is 10.1. The molecule has 0 saturated heterocycles. The van der Waals surface area contributed by atoms with Gasteiger partial charge in [0.2, 0.25) is 0 Å². The summed E-state index contributed by atoms with van der Waals surface area (Å²) in [6, 6.07) is 10.8. The summed E-state index contributed by atoms with van der Waals surface area (Å²) in [7, 11) is 2.28. The van der Waals surface area contributed by atoms with Crippen LogP contribution < -0.4 is 4.90 Å². The van der Waals surface area contributed by atoms with Crippen LogP contribution in [0.3, 0.4) is 0 Å². The van der Waals surface area contributed by atoms with E-state index in [1.807, 2.05) is 0 Å². The van der Waals surface area contributed by atoms with Gasteiger partial charge in [-0.15, -0.1) is 0 Å². The summed E-state index contributed by atoms with van der Waals surface area (Å²) >= 11 is 0. The number of nitrogens with one attached hydrogen (secondary N) is 1. The van der Waals surface area contributed by atoms with Crippen molar-refractivity contribution in [2.24, 2.45) is 0 Å². The van der Waals surface area contributed by atoms with Crippen molar-refractivity contribution in [2.45, 2.75) is 71.1 Å². The zero-order valence-corrected chi connectivity index (χ0v) is 13.7. The smallest absolute Gasteiger partial charge is 0.130 e. The second-order valence-electron chi connectivity index (χ2n) is 6.08. The monoisotopic (exact) mass is 276 g/mol. The van der Waals surface area contributed by atoms with Crippen LogP contribution in [0.4, 0.5) is 5.69 Å². The second kappa shape index (κ2) is 12.0. The van der Waals surface area contributed by atoms with Crippen molar-refractivity contribution in [3.63, 3.8) is 0 Å². The van der Waals surface area contributed by atoms with E-state index in [9.17, 15) is 0 Å². The van der Waals surface area contributed by atoms with Crippen LogP contribution >= 0.6 is 0 Å². The summed E-state index contributed by atoms with van der Waals surface area (Å²) in [5, 5.41) is 0. The predicted octanol–water partition coefficient (Wildman–Crippen LogP) is 4.75. The molecule has 0 amide bonds. The van der Waals surface area contributed by atoms with Gasteiger partial charge in [-0.1, -0.05) is 76.5 Å². The van der Waals surface area contributed by atoms with Gasteiger partial charge in [0.05, 0.1) is 13.6 Å². The Hall–Kier alpha value is -0.820. The molecule has 0 radical (unpaired) electrons. The van der Waals surface area contributed by atoms with Crippen LogP contribution in [0.15, 0.2) is 30.3 Å². The van der Waals surface area contributed by atoms with E-state index in [-0.39, 0.29) is 0 Å². The van der Waals surface area contributed by atoms with Gasteiger partial charge in [-0.25, -0.2) is 0 Å². The van der Waals surface area contributed by atoms with Crippen LogP contribution in [0.1, 0.15) is 71.1 Å². The molecule has 1 aromatic carbocycles. The fourth-order valence-electron chi connectivity index (χ4n) is 2.74. The third-order valence-electron chi connectivity index (χ3n) is 4.17. The van der Waals surface area contributed by atoms with Crippen LogP contribution in [0, 0.1) is 0 Å². The lowest BCUT2D eigenvalue weighted by molar-refractivity contribution is -0.810. The Balaban J connectivity index is 1.90. The van der Waals surface area contributed by atoms with Crippen LogP contribution in [-0.2, 0) is 0 Å². The molecule has 0 aliphatic heterocycles. The highest BCUT2D eigenvalue weighted by Gasteiger charge is 2.04. The summed E-state index contributed by atoms with van der Waals surface area (Å²) in [6.07, 6.45) is 14.2. The highest BCUT2D eigenvalue weighted by atomic mass is 15.1. The number of hydrogen-bond donors (Lipinski definition) is 1. The van der Waals surface area contributed by atoms with Crippen molar-refractivity contribution in [3.05, 3.63) is 30.3 Å². The van der Waals surface area contributed by atoms with Gasteiger partial charge in [0.25, 0.3) is 0 Å². The summed E-state index contributed by atoms with van der Waals surface area (Å²) in [5.74, 6) is 0. The van der Waals surface area contributed by atoms with Gasteiger partial charge in [0.15, 0.2) is 0 Å². The fourth-order valence-corrected chi connectivity index (χ4v) is 2.74. The summed E-state index contributed by atoms with van der Waals surface area (Å²) in [6.45, 7) is 3.55. The third-order valence-corrected chi connectivity index (χ3v) is 4.17. The zero-order chi connectivity index (χ0) is 14.5. The van der Waals surface area contributed by atoms with E-state index in [1.165, 1.54) is 76.4 Å². The highest BCUT2D eigenvalue weighted by Crippen LogP contribution is 2.10. The second-order valence-corrected chi connectivity index (χ2v) is 6.08. The highest BCUT2D eigenvalue weighted by molar-refractivity contribution is 5.27. The molecular formula is C19H34N+. The van der Waals surface area contributed by atoms with Gasteiger partial charge in [0, 0.05) is 0 Å². The normalized spacial score (nSPS) is 12.5. The topological polar surface area (TPSA) is 4.44 Å². The average Bonchev–Trinajstić information content (AvgIpc) is 2.50. The molecule has 0 saturated carbocycles. The van der Waals surface area contributed by atoms with E-state index >= 15 is 0 Å². The van der Waals surface area contributed by atoms with E-state index in [1.54, 1.807) is 4.90 Å². The minimum atomic E-state index is 1.26. The minimum Gasteiger partial charge on any atom is -0.305 e. The standard InChI is InChI=1S/C19H33N/c1-3-4-5-6-7-8-9-10-11-15-18-20(2)19-16-13-12-14-17-19/h12-14,16-17H,3-11,15,18H2,1-2H3/p+1. The molecule has 1 heteroatoms. The van der Waals surface area contributed by atoms with Gasteiger partial charge < -0.3 is 4.90 Å². The van der Waals surface area contributed by atoms with E-state index in [2.05, 4.69) is 44.3 Å². The van der Waals surface area contributed by atoms with Crippen molar-refractivity contribution in [1.29, 1.82) is 0 Å². The third kappa shape index (κ3) is 8.37. The van der Waals surface area contributed by atoms with Gasteiger partial charge in [-0.2, -0.15) is 0 Å². The zero-order valence-electron chi connectivity index (χ0n) is 13.7. The first kappa shape index (κ1) is 17.2. The van der Waals surface area contributed by atoms with E-state index < -0.39 is 0 Å². The molecular weight excluding hydrogens is 242 g/mol. The Kier molecular flexibility index (Phi) is 10.3. The molecule has 0 bridgehead atoms. The maximum atomic E-state index is 2.29. The number of hydrogen-bond acceptors (Lipinski definition) is 0. The van der Waals surface area contributed by atoms with Crippen LogP contribution in [0.25, 0.3) is 0 Å². The van der Waals surface area contributed by atoms with E-state index in [4.69, 9.17) is 0 Å². The molecule has 1 unspecified atom stereocenters. The molecule has 1 nitrogen and oxygen atoms in total. The SMILES string of the molecule is CCCCCCCCCCCC[NH+](C)c1ccccc1. The van der Waals surface area contributed by atoms with Crippen molar-refractivity contribution < 1.29 is 4.90 Å². The predicted molar refractivity (Wildman–Crippen MR) is 89.7 cm³/mol. The molecule has 0 aromatic heterocycles. The molecule has 1 atom stereocenters. The quantitative estimate of drug-likeness (QED) is 0.525. The van der Waals surface area contributed by atoms with Crippen molar-refractivity contribution in [1.82, 2.24) is 0 Å². The van der Waals surface area contributed by atoms with Crippen molar-refractivity contribution >= 4 is 5.69 Å². The Morgan fingerprint density at radius 3 is 1.75 bits per heavy atom. The first-order valence-electron chi connectivity index (χ1n) is 8.72. The number of quaternary nitrogens is 1. The Labute approximate surface area is 126 Å². The molecule has 0 heterocycles. The van der Waals surface area contributed by atoms with Gasteiger partial charge in [-0.3, -0.25) is 0 Å². The number of unbranched alkanes of at least 4 members (excludes halogenated alkanes) is 9. The molecule has 0 spiro atoms. The Morgan fingerprint density at radius 1 is 0.700 bits per heavy atom. The maximum Gasteiger partial charge on any atom is 0.130 e. The lowest BCUT2D eigenvalue weighted by Crippen LogP contribution is -3.03. The number of rotatable bonds is 12. The summed E-state index contributed by atoms with van der Waals surface area (Å²) < 4.78 is 0. The Bertz CT molecular complexity index is 307. The summed E-state index contributed by atoms with van der Waals surface area (Å²) in [4.78, 5) is 1.55. The minimum absolute atomic E-state index is 1.26. The van der Waals surface area contributed by atoms with Crippen molar-refractivity contribution in [3.8, 4) is 0 Å². The molecule has 114 valence electrons. The molecule has 0 aliphatic rings. The van der Waals surface area contributed by atoms with Gasteiger partial charge >= 0.3 is 0 Å². The molecule has 1 rings (SSSR count). The number of benzene rings is 1. The summed E-state index contributed by atoms with van der Waals surface area (Å²) in [5.41, 5.74) is 1.42. The molecule has 1 aromatic rings. The van der Waals surface area contributed by atoms with Gasteiger partial charge in [-0.05, 0) is 25.0 Å². The molecule has 20 heavy (non-hydrogen) atoms. The largest absolute Gasteiger partial charge is 0.305 e. The van der Waals surface area contributed by atoms with Crippen LogP contribution in [-0.4, -0.2) is 13.6 Å². The van der Waals surface area contributed by atoms with Gasteiger partial charge in [0.1, 0.15) is 5.69 Å². The van der Waals surface area contributed by atoms with Crippen molar-refractivity contribution in [2.75, 3.05) is 13.6 Å². The first-order valence-corrected chi connectivity index (χ1v) is 8.72. The Morgan fingerprint density at radius 2 is 1.20 bits per heavy atom. The molecule has 1 N–H and O–H groups in total. The average molecular weight is 276 g/mol. The molecule has 0 aliphatic carbocycles. The van der Waals surface area contributed by atoms with Crippen LogP contribution in [0.5, 0.6) is 0 Å². The number of para-hydroxylation sites is 1. The maximum absolute atomic E-state index is 2.29.